The lowest BCUT2D eigenvalue weighted by Crippen LogP contribution is -2.36. The summed E-state index contributed by atoms with van der Waals surface area (Å²) in [4.78, 5) is 28.3. The highest BCUT2D eigenvalue weighted by Gasteiger charge is 2.33. The van der Waals surface area contributed by atoms with E-state index < -0.39 is 0 Å². The first-order valence-corrected chi connectivity index (χ1v) is 9.07. The van der Waals surface area contributed by atoms with Gasteiger partial charge in [-0.25, -0.2) is 9.97 Å². The lowest BCUT2D eigenvalue weighted by molar-refractivity contribution is 0.0666. The second-order valence-electron chi connectivity index (χ2n) is 6.94. The van der Waals surface area contributed by atoms with Gasteiger partial charge < -0.3 is 13.8 Å². The van der Waals surface area contributed by atoms with Crippen LogP contribution in [0.25, 0.3) is 5.65 Å². The molecule has 8 nitrogen and oxygen atoms in total. The van der Waals surface area contributed by atoms with Gasteiger partial charge in [0.1, 0.15) is 0 Å². The summed E-state index contributed by atoms with van der Waals surface area (Å²) in [5.41, 5.74) is 0.924. The third-order valence-electron chi connectivity index (χ3n) is 4.78. The average Bonchev–Trinajstić information content (AvgIpc) is 3.25. The number of hydrogen-bond acceptors (Lipinski definition) is 6. The molecule has 1 saturated heterocycles. The molecule has 4 rings (SSSR count). The van der Waals surface area contributed by atoms with Crippen LogP contribution < -0.4 is 0 Å². The monoisotopic (exact) mass is 354 g/mol. The second kappa shape index (κ2) is 6.86. The molecule has 0 spiro atoms. The fourth-order valence-corrected chi connectivity index (χ4v) is 3.38. The molecule has 1 amide bonds. The highest BCUT2D eigenvalue weighted by molar-refractivity contribution is 5.98. The Morgan fingerprint density at radius 1 is 1.19 bits per heavy atom. The normalized spacial score (nSPS) is 18.4. The Kier molecular flexibility index (Phi) is 4.40. The number of aromatic nitrogens is 5. The molecule has 1 atom stereocenters. The molecule has 3 aromatic rings. The largest absolute Gasteiger partial charge is 0.339 e. The molecule has 26 heavy (non-hydrogen) atoms. The number of hydrogen-bond donors (Lipinski definition) is 0. The van der Waals surface area contributed by atoms with E-state index in [4.69, 9.17) is 4.52 Å². The summed E-state index contributed by atoms with van der Waals surface area (Å²) >= 11 is 0. The highest BCUT2D eigenvalue weighted by atomic mass is 16.5. The van der Waals surface area contributed by atoms with E-state index in [1.54, 1.807) is 23.0 Å². The van der Waals surface area contributed by atoms with Crippen molar-refractivity contribution >= 4 is 11.6 Å². The summed E-state index contributed by atoms with van der Waals surface area (Å²) < 4.78 is 7.18. The van der Waals surface area contributed by atoms with E-state index in [-0.39, 0.29) is 17.9 Å². The van der Waals surface area contributed by atoms with Crippen LogP contribution in [0.3, 0.4) is 0 Å². The van der Waals surface area contributed by atoms with Gasteiger partial charge in [-0.2, -0.15) is 4.98 Å². The van der Waals surface area contributed by atoms with E-state index >= 15 is 0 Å². The molecule has 8 heteroatoms. The van der Waals surface area contributed by atoms with E-state index in [2.05, 4.69) is 20.1 Å². The molecule has 1 unspecified atom stereocenters. The maximum atomic E-state index is 13.3. The predicted octanol–water partition coefficient (Wildman–Crippen LogP) is 2.99. The molecule has 1 aliphatic heterocycles. The number of nitrogens with zero attached hydrogens (tertiary/aromatic N) is 6. The molecule has 0 aliphatic carbocycles. The molecule has 4 heterocycles. The Bertz CT molecular complexity index is 915. The third-order valence-corrected chi connectivity index (χ3v) is 4.78. The summed E-state index contributed by atoms with van der Waals surface area (Å²) in [5.74, 6) is 1.21. The van der Waals surface area contributed by atoms with Gasteiger partial charge in [0.2, 0.25) is 5.89 Å². The maximum Gasteiger partial charge on any atom is 0.276 e. The average molecular weight is 354 g/mol. The van der Waals surface area contributed by atoms with Crippen LogP contribution >= 0.6 is 0 Å². The minimum atomic E-state index is -0.196. The maximum absolute atomic E-state index is 13.3. The molecule has 0 N–H and O–H groups in total. The van der Waals surface area contributed by atoms with Gasteiger partial charge in [-0.3, -0.25) is 4.79 Å². The molecular weight excluding hydrogens is 332 g/mol. The number of amides is 1. The number of imidazole rings is 1. The third kappa shape index (κ3) is 2.95. The van der Waals surface area contributed by atoms with Crippen LogP contribution in [0.2, 0.25) is 0 Å². The zero-order chi connectivity index (χ0) is 18.1. The second-order valence-corrected chi connectivity index (χ2v) is 6.94. The van der Waals surface area contributed by atoms with Crippen molar-refractivity contribution in [2.24, 2.45) is 0 Å². The summed E-state index contributed by atoms with van der Waals surface area (Å²) in [6, 6.07) is -0.196. The van der Waals surface area contributed by atoms with Crippen LogP contribution in [-0.2, 0) is 0 Å². The van der Waals surface area contributed by atoms with Crippen molar-refractivity contribution < 1.29 is 9.32 Å². The zero-order valence-corrected chi connectivity index (χ0v) is 15.0. The standard InChI is InChI=1S/C18H22N6O2/c1-12(2)17-21-15(22-26-17)13-6-4-3-5-9-24(13)18(25)14-16-20-8-11-23(16)10-7-19-14/h7-8,10-13H,3-6,9H2,1-2H3. The van der Waals surface area contributed by atoms with E-state index in [0.29, 0.717) is 29.6 Å². The van der Waals surface area contributed by atoms with Gasteiger partial charge in [0.25, 0.3) is 5.91 Å². The van der Waals surface area contributed by atoms with Crippen LogP contribution in [0.15, 0.2) is 29.3 Å². The van der Waals surface area contributed by atoms with Crippen molar-refractivity contribution in [3.8, 4) is 0 Å². The Labute approximate surface area is 151 Å². The van der Waals surface area contributed by atoms with Crippen LogP contribution in [0.4, 0.5) is 0 Å². The van der Waals surface area contributed by atoms with Crippen molar-refractivity contribution in [2.75, 3.05) is 6.54 Å². The number of carbonyl (C=O) groups is 1. The van der Waals surface area contributed by atoms with Gasteiger partial charge in [-0.1, -0.05) is 31.8 Å². The molecule has 0 bridgehead atoms. The fraction of sp³-hybridized carbons (Fsp3) is 0.500. The molecule has 136 valence electrons. The lowest BCUT2D eigenvalue weighted by Gasteiger charge is -2.27. The first-order valence-electron chi connectivity index (χ1n) is 9.07. The topological polar surface area (TPSA) is 89.4 Å². The SMILES string of the molecule is CC(C)c1nc(C2CCCCCN2C(=O)c2nccn3ccnc23)no1. The Morgan fingerprint density at radius 3 is 2.77 bits per heavy atom. The van der Waals surface area contributed by atoms with Crippen LogP contribution in [-0.4, -0.2) is 41.9 Å². The smallest absolute Gasteiger partial charge is 0.276 e. The Morgan fingerprint density at radius 2 is 2.00 bits per heavy atom. The number of likely N-dealkylation sites (tertiary alicyclic amines) is 1. The first kappa shape index (κ1) is 16.7. The summed E-state index contributed by atoms with van der Waals surface area (Å²) in [6.07, 6.45) is 10.8. The summed E-state index contributed by atoms with van der Waals surface area (Å²) in [6.45, 7) is 4.67. The van der Waals surface area contributed by atoms with Crippen LogP contribution in [0.1, 0.15) is 73.7 Å². The van der Waals surface area contributed by atoms with Gasteiger partial charge in [0.05, 0.1) is 6.04 Å². The molecule has 3 aromatic heterocycles. The number of carbonyl (C=O) groups excluding carboxylic acids is 1. The summed E-state index contributed by atoms with van der Waals surface area (Å²) in [5, 5.41) is 4.16. The fourth-order valence-electron chi connectivity index (χ4n) is 3.38. The van der Waals surface area contributed by atoms with Crippen molar-refractivity contribution in [3.63, 3.8) is 0 Å². The van der Waals surface area contributed by atoms with Gasteiger partial charge in [0, 0.05) is 37.3 Å². The Hall–Kier alpha value is -2.77. The molecule has 0 radical (unpaired) electrons. The minimum absolute atomic E-state index is 0.135. The summed E-state index contributed by atoms with van der Waals surface area (Å²) in [7, 11) is 0. The van der Waals surface area contributed by atoms with Crippen LogP contribution in [0.5, 0.6) is 0 Å². The zero-order valence-electron chi connectivity index (χ0n) is 15.0. The molecule has 1 fully saturated rings. The van der Waals surface area contributed by atoms with E-state index in [0.717, 1.165) is 25.7 Å². The van der Waals surface area contributed by atoms with Crippen molar-refractivity contribution in [3.05, 3.63) is 42.2 Å². The van der Waals surface area contributed by atoms with Gasteiger partial charge in [-0.15, -0.1) is 0 Å². The van der Waals surface area contributed by atoms with Gasteiger partial charge in [0.15, 0.2) is 17.2 Å². The van der Waals surface area contributed by atoms with E-state index in [9.17, 15) is 4.79 Å². The minimum Gasteiger partial charge on any atom is -0.339 e. The highest BCUT2D eigenvalue weighted by Crippen LogP contribution is 2.30. The Balaban J connectivity index is 1.70. The van der Waals surface area contributed by atoms with Gasteiger partial charge in [-0.05, 0) is 12.8 Å². The number of rotatable bonds is 3. The molecule has 1 aliphatic rings. The number of fused-ring (bicyclic) bond motifs is 1. The van der Waals surface area contributed by atoms with Crippen molar-refractivity contribution in [1.82, 2.24) is 29.4 Å². The van der Waals surface area contributed by atoms with Crippen molar-refractivity contribution in [1.29, 1.82) is 0 Å². The quantitative estimate of drug-likeness (QED) is 0.718. The lowest BCUT2D eigenvalue weighted by atomic mass is 10.1. The predicted molar refractivity (Wildman–Crippen MR) is 93.6 cm³/mol. The molecule has 0 aromatic carbocycles. The van der Waals surface area contributed by atoms with Crippen molar-refractivity contribution in [2.45, 2.75) is 51.5 Å². The first-order chi connectivity index (χ1) is 12.6. The van der Waals surface area contributed by atoms with Gasteiger partial charge >= 0.3 is 0 Å². The molecular formula is C18H22N6O2. The van der Waals surface area contributed by atoms with E-state index in [1.165, 1.54) is 0 Å². The molecule has 0 saturated carbocycles. The van der Waals surface area contributed by atoms with E-state index in [1.807, 2.05) is 24.9 Å². The van der Waals surface area contributed by atoms with Crippen LogP contribution in [0, 0.1) is 0 Å².